The van der Waals surface area contributed by atoms with Crippen molar-refractivity contribution in [3.8, 4) is 0 Å². The van der Waals surface area contributed by atoms with Gasteiger partial charge < -0.3 is 11.1 Å². The van der Waals surface area contributed by atoms with E-state index in [1.165, 1.54) is 19.3 Å². The molecule has 5 nitrogen and oxygen atoms in total. The molecule has 0 amide bonds. The first kappa shape index (κ1) is 22.2. The number of nitrogens with zero attached hydrogens (tertiary/aromatic N) is 1. The molecule has 114 valence electrons. The molecule has 0 rings (SSSR count). The topological polar surface area (TPSA) is 55.8 Å². The molecule has 0 atom stereocenters. The Labute approximate surface area is 146 Å². The molecule has 0 aromatic rings. The third-order valence-electron chi connectivity index (χ3n) is 2.68. The van der Waals surface area contributed by atoms with Gasteiger partial charge in [0.2, 0.25) is 0 Å². The molecule has 0 aliphatic carbocycles. The Bertz CT molecular complexity index is 249. The Morgan fingerprint density at radius 2 is 1.30 bits per heavy atom. The van der Waals surface area contributed by atoms with Crippen LogP contribution in [0.2, 0.25) is 0 Å². The Morgan fingerprint density at radius 3 is 1.75 bits per heavy atom. The molecular formula is C14H28NNaO4. The second-order valence-electron chi connectivity index (χ2n) is 4.46. The van der Waals surface area contributed by atoms with Gasteiger partial charge in [-0.25, -0.2) is 0 Å². The third kappa shape index (κ3) is 12.9. The fourth-order valence-corrected chi connectivity index (χ4v) is 1.49. The van der Waals surface area contributed by atoms with Gasteiger partial charge >= 0.3 is 41.5 Å². The van der Waals surface area contributed by atoms with Crippen molar-refractivity contribution >= 4 is 11.9 Å². The number of unbranched alkanes of at least 4 members (excludes halogenated alkanes) is 5. The monoisotopic (exact) mass is 297 g/mol. The molecule has 0 aromatic carbocycles. The summed E-state index contributed by atoms with van der Waals surface area (Å²) in [5.74, 6) is -0.787. The largest absolute Gasteiger partial charge is 1.00 e. The van der Waals surface area contributed by atoms with Crippen molar-refractivity contribution in [3.63, 3.8) is 0 Å². The summed E-state index contributed by atoms with van der Waals surface area (Å²) < 4.78 is 0. The van der Waals surface area contributed by atoms with Crippen LogP contribution in [0.5, 0.6) is 0 Å². The molecule has 20 heavy (non-hydrogen) atoms. The van der Waals surface area contributed by atoms with Crippen molar-refractivity contribution in [2.45, 2.75) is 72.1 Å². The van der Waals surface area contributed by atoms with Crippen molar-refractivity contribution in [1.82, 2.24) is 5.23 Å². The number of hydroxylamine groups is 2. The molecule has 6 heteroatoms. The zero-order chi connectivity index (χ0) is 14.5. The van der Waals surface area contributed by atoms with Crippen molar-refractivity contribution in [3.05, 3.63) is 0 Å². The van der Waals surface area contributed by atoms with E-state index in [0.717, 1.165) is 24.5 Å². The van der Waals surface area contributed by atoms with Crippen LogP contribution in [-0.2, 0) is 19.3 Å². The van der Waals surface area contributed by atoms with Crippen LogP contribution >= 0.6 is 0 Å². The predicted octanol–water partition coefficient (Wildman–Crippen LogP) is 0.502. The standard InChI is InChI=1S/C14H27NO4.Na.H/c1-4-7-8-9-10-11-12-15(18-13(16)5-2)19-14(17)6-3;;/h4-12H2,1-3H3;;/q;+1;-1. The molecule has 0 spiro atoms. The molecule has 0 radical (unpaired) electrons. The summed E-state index contributed by atoms with van der Waals surface area (Å²) in [4.78, 5) is 32.3. The summed E-state index contributed by atoms with van der Waals surface area (Å²) in [6.45, 7) is 6.01. The zero-order valence-electron chi connectivity index (χ0n) is 14.4. The van der Waals surface area contributed by atoms with Crippen LogP contribution in [0.1, 0.15) is 73.6 Å². The number of hydrogen-bond donors (Lipinski definition) is 0. The Balaban J connectivity index is -0.00000162. The van der Waals surface area contributed by atoms with E-state index in [2.05, 4.69) is 6.92 Å². The summed E-state index contributed by atoms with van der Waals surface area (Å²) in [5, 5.41) is 1.03. The van der Waals surface area contributed by atoms with Crippen molar-refractivity contribution < 1.29 is 50.2 Å². The first-order valence-electron chi connectivity index (χ1n) is 7.33. The Kier molecular flexibility index (Phi) is 17.0. The second kappa shape index (κ2) is 15.3. The summed E-state index contributed by atoms with van der Waals surface area (Å²) >= 11 is 0. The number of carbonyl (C=O) groups is 2. The van der Waals surface area contributed by atoms with Crippen molar-refractivity contribution in [2.75, 3.05) is 6.54 Å². The first-order chi connectivity index (χ1) is 9.13. The molecule has 0 fully saturated rings. The fraction of sp³-hybridized carbons (Fsp3) is 0.857. The summed E-state index contributed by atoms with van der Waals surface area (Å²) in [6, 6.07) is 0. The predicted molar refractivity (Wildman–Crippen MR) is 74.0 cm³/mol. The minimum atomic E-state index is -0.394. The van der Waals surface area contributed by atoms with Gasteiger partial charge in [-0.15, -0.1) is 0 Å². The number of carbonyl (C=O) groups excluding carboxylic acids is 2. The van der Waals surface area contributed by atoms with E-state index in [9.17, 15) is 9.59 Å². The molecule has 0 heterocycles. The maximum atomic E-state index is 11.2. The van der Waals surface area contributed by atoms with Crippen LogP contribution in [-0.4, -0.2) is 23.7 Å². The average Bonchev–Trinajstić information content (AvgIpc) is 2.41. The summed E-state index contributed by atoms with van der Waals surface area (Å²) in [5.41, 5.74) is 0. The van der Waals surface area contributed by atoms with Gasteiger partial charge in [-0.2, -0.15) is 0 Å². The minimum Gasteiger partial charge on any atom is -1.00 e. The maximum absolute atomic E-state index is 11.2. The molecule has 0 bridgehead atoms. The molecule has 0 N–H and O–H groups in total. The smallest absolute Gasteiger partial charge is 1.00 e. The van der Waals surface area contributed by atoms with Crippen LogP contribution in [0, 0.1) is 0 Å². The van der Waals surface area contributed by atoms with E-state index >= 15 is 0 Å². The molecule has 0 aromatic heterocycles. The molecular weight excluding hydrogens is 269 g/mol. The van der Waals surface area contributed by atoms with E-state index < -0.39 is 11.9 Å². The Hall–Kier alpha value is -0.100. The molecule has 0 unspecified atom stereocenters. The van der Waals surface area contributed by atoms with E-state index in [4.69, 9.17) is 9.68 Å². The second-order valence-corrected chi connectivity index (χ2v) is 4.46. The quantitative estimate of drug-likeness (QED) is 0.316. The van der Waals surface area contributed by atoms with Gasteiger partial charge in [0, 0.05) is 18.1 Å². The van der Waals surface area contributed by atoms with Gasteiger partial charge in [0.05, 0.1) is 6.54 Å². The van der Waals surface area contributed by atoms with Gasteiger partial charge in [-0.3, -0.25) is 9.59 Å². The molecule has 0 aliphatic rings. The average molecular weight is 297 g/mol. The van der Waals surface area contributed by atoms with Crippen LogP contribution in [0.15, 0.2) is 0 Å². The van der Waals surface area contributed by atoms with E-state index in [-0.39, 0.29) is 43.8 Å². The van der Waals surface area contributed by atoms with Crippen LogP contribution in [0.3, 0.4) is 0 Å². The van der Waals surface area contributed by atoms with E-state index in [0.29, 0.717) is 6.54 Å². The van der Waals surface area contributed by atoms with Gasteiger partial charge in [0.15, 0.2) is 0 Å². The van der Waals surface area contributed by atoms with Crippen molar-refractivity contribution in [1.29, 1.82) is 0 Å². The normalized spacial score (nSPS) is 10.0. The van der Waals surface area contributed by atoms with Crippen LogP contribution < -0.4 is 29.6 Å². The number of rotatable bonds is 11. The minimum absolute atomic E-state index is 0. The first-order valence-corrected chi connectivity index (χ1v) is 7.33. The van der Waals surface area contributed by atoms with Crippen LogP contribution in [0.4, 0.5) is 0 Å². The summed E-state index contributed by atoms with van der Waals surface area (Å²) in [7, 11) is 0. The van der Waals surface area contributed by atoms with Gasteiger partial charge in [-0.05, 0) is 6.42 Å². The SMILES string of the molecule is CCCCCCCCN(OC(=O)CC)OC(=O)CC.[H-].[Na+]. The van der Waals surface area contributed by atoms with E-state index in [1.807, 2.05) is 0 Å². The van der Waals surface area contributed by atoms with Gasteiger partial charge in [-0.1, -0.05) is 52.9 Å². The number of hydrogen-bond acceptors (Lipinski definition) is 5. The molecule has 0 saturated carbocycles. The third-order valence-corrected chi connectivity index (χ3v) is 2.68. The van der Waals surface area contributed by atoms with Crippen LogP contribution in [0.25, 0.3) is 0 Å². The molecule has 0 saturated heterocycles. The zero-order valence-corrected chi connectivity index (χ0v) is 15.4. The fourth-order valence-electron chi connectivity index (χ4n) is 1.49. The van der Waals surface area contributed by atoms with Gasteiger partial charge in [0.1, 0.15) is 0 Å². The Morgan fingerprint density at radius 1 is 0.850 bits per heavy atom. The van der Waals surface area contributed by atoms with Gasteiger partial charge in [0.25, 0.3) is 0 Å². The maximum Gasteiger partial charge on any atom is 1.00 e. The van der Waals surface area contributed by atoms with Crippen molar-refractivity contribution in [2.24, 2.45) is 0 Å². The van der Waals surface area contributed by atoms with E-state index in [1.54, 1.807) is 13.8 Å². The molecule has 0 aliphatic heterocycles. The summed E-state index contributed by atoms with van der Waals surface area (Å²) in [6.07, 6.45) is 7.26.